The molecule has 0 aliphatic carbocycles. The van der Waals surface area contributed by atoms with Crippen molar-refractivity contribution in [3.63, 3.8) is 0 Å². The standard InChI is InChI=1S/C20H25N3O2/c24-20(22-14-17-4-3-13-25-15-17)23-19-10-7-16(8-11-19)6-9-18-5-1-2-12-21-18/h1-2,5,7-8,10-12,17H,3-4,6,9,13-15H2,(H2,22,23,24)/t17-/m0/s1. The summed E-state index contributed by atoms with van der Waals surface area (Å²) >= 11 is 0. The molecule has 2 heterocycles. The molecule has 1 aliphatic rings. The molecule has 2 N–H and O–H groups in total. The second-order valence-electron chi connectivity index (χ2n) is 6.44. The lowest BCUT2D eigenvalue weighted by Crippen LogP contribution is -2.35. The van der Waals surface area contributed by atoms with Gasteiger partial charge in [0.1, 0.15) is 0 Å². The third-order valence-corrected chi connectivity index (χ3v) is 4.41. The van der Waals surface area contributed by atoms with Crippen molar-refractivity contribution >= 4 is 11.7 Å². The minimum atomic E-state index is -0.160. The van der Waals surface area contributed by atoms with Crippen LogP contribution < -0.4 is 10.6 Å². The maximum Gasteiger partial charge on any atom is 0.319 e. The highest BCUT2D eigenvalue weighted by Crippen LogP contribution is 2.13. The van der Waals surface area contributed by atoms with Crippen LogP contribution in [-0.4, -0.2) is 30.8 Å². The van der Waals surface area contributed by atoms with Gasteiger partial charge in [0.2, 0.25) is 0 Å². The molecule has 1 atom stereocenters. The number of nitrogens with zero attached hydrogens (tertiary/aromatic N) is 1. The summed E-state index contributed by atoms with van der Waals surface area (Å²) in [6.45, 7) is 2.24. The van der Waals surface area contributed by atoms with Gasteiger partial charge in [0.25, 0.3) is 0 Å². The van der Waals surface area contributed by atoms with Crippen LogP contribution in [0.4, 0.5) is 10.5 Å². The Hall–Kier alpha value is -2.40. The Balaban J connectivity index is 1.41. The number of aryl methyl sites for hydroxylation is 2. The zero-order valence-electron chi connectivity index (χ0n) is 14.4. The number of benzene rings is 1. The first kappa shape index (κ1) is 17.4. The molecule has 1 aromatic heterocycles. The zero-order chi connectivity index (χ0) is 17.3. The van der Waals surface area contributed by atoms with E-state index in [9.17, 15) is 4.79 Å². The topological polar surface area (TPSA) is 63.2 Å². The van der Waals surface area contributed by atoms with Crippen molar-refractivity contribution in [3.8, 4) is 0 Å². The van der Waals surface area contributed by atoms with Crippen LogP contribution in [0.15, 0.2) is 48.7 Å². The molecule has 0 unspecified atom stereocenters. The van der Waals surface area contributed by atoms with E-state index in [0.717, 1.165) is 50.3 Å². The first-order valence-electron chi connectivity index (χ1n) is 8.91. The van der Waals surface area contributed by atoms with Crippen LogP contribution in [0.5, 0.6) is 0 Å². The molecule has 1 aliphatic heterocycles. The highest BCUT2D eigenvalue weighted by atomic mass is 16.5. The summed E-state index contributed by atoms with van der Waals surface area (Å²) in [5.74, 6) is 0.425. The molecule has 0 saturated carbocycles. The molecule has 3 rings (SSSR count). The molecular formula is C20H25N3O2. The van der Waals surface area contributed by atoms with Crippen molar-refractivity contribution in [1.29, 1.82) is 0 Å². The number of urea groups is 1. The summed E-state index contributed by atoms with van der Waals surface area (Å²) in [5, 5.41) is 5.80. The van der Waals surface area contributed by atoms with Crippen molar-refractivity contribution < 1.29 is 9.53 Å². The highest BCUT2D eigenvalue weighted by molar-refractivity contribution is 5.89. The fourth-order valence-electron chi connectivity index (χ4n) is 2.95. The van der Waals surface area contributed by atoms with E-state index in [1.807, 2.05) is 48.7 Å². The van der Waals surface area contributed by atoms with Crippen LogP contribution in [0.1, 0.15) is 24.1 Å². The smallest absolute Gasteiger partial charge is 0.319 e. The normalized spacial score (nSPS) is 17.0. The number of amides is 2. The lowest BCUT2D eigenvalue weighted by Gasteiger charge is -2.22. The fraction of sp³-hybridized carbons (Fsp3) is 0.400. The summed E-state index contributed by atoms with van der Waals surface area (Å²) in [6, 6.07) is 13.8. The maximum absolute atomic E-state index is 12.0. The Kier molecular flexibility index (Phi) is 6.40. The second-order valence-corrected chi connectivity index (χ2v) is 6.44. The van der Waals surface area contributed by atoms with Crippen LogP contribution in [0, 0.1) is 5.92 Å². The van der Waals surface area contributed by atoms with E-state index in [1.165, 1.54) is 5.56 Å². The summed E-state index contributed by atoms with van der Waals surface area (Å²) in [6.07, 6.45) is 5.86. The Labute approximate surface area is 148 Å². The number of nitrogens with one attached hydrogen (secondary N) is 2. The lowest BCUT2D eigenvalue weighted by atomic mass is 10.0. The van der Waals surface area contributed by atoms with E-state index in [0.29, 0.717) is 12.5 Å². The van der Waals surface area contributed by atoms with Crippen molar-refractivity contribution in [2.45, 2.75) is 25.7 Å². The summed E-state index contributed by atoms with van der Waals surface area (Å²) in [7, 11) is 0. The molecular weight excluding hydrogens is 314 g/mol. The average molecular weight is 339 g/mol. The predicted molar refractivity (Wildman–Crippen MR) is 98.7 cm³/mol. The molecule has 1 saturated heterocycles. The van der Waals surface area contributed by atoms with E-state index in [4.69, 9.17) is 4.74 Å². The van der Waals surface area contributed by atoms with Crippen LogP contribution in [0.25, 0.3) is 0 Å². The monoisotopic (exact) mass is 339 g/mol. The van der Waals surface area contributed by atoms with Gasteiger partial charge in [-0.25, -0.2) is 4.79 Å². The minimum Gasteiger partial charge on any atom is -0.381 e. The summed E-state index contributed by atoms with van der Waals surface area (Å²) in [5.41, 5.74) is 3.13. The van der Waals surface area contributed by atoms with Crippen molar-refractivity contribution in [2.75, 3.05) is 25.1 Å². The van der Waals surface area contributed by atoms with E-state index in [-0.39, 0.29) is 6.03 Å². The third-order valence-electron chi connectivity index (χ3n) is 4.41. The Morgan fingerprint density at radius 2 is 2.04 bits per heavy atom. The first-order valence-corrected chi connectivity index (χ1v) is 8.91. The second kappa shape index (κ2) is 9.18. The van der Waals surface area contributed by atoms with Gasteiger partial charge in [0, 0.05) is 30.7 Å². The minimum absolute atomic E-state index is 0.160. The van der Waals surface area contributed by atoms with E-state index in [1.54, 1.807) is 0 Å². The molecule has 2 aromatic rings. The van der Waals surface area contributed by atoms with Gasteiger partial charge in [-0.3, -0.25) is 4.98 Å². The van der Waals surface area contributed by atoms with Gasteiger partial charge in [0.15, 0.2) is 0 Å². The molecule has 0 radical (unpaired) electrons. The Bertz CT molecular complexity index is 652. The summed E-state index contributed by atoms with van der Waals surface area (Å²) in [4.78, 5) is 16.3. The molecule has 5 nitrogen and oxygen atoms in total. The number of ether oxygens (including phenoxy) is 1. The van der Waals surface area contributed by atoms with Crippen molar-refractivity contribution in [3.05, 3.63) is 59.9 Å². The van der Waals surface area contributed by atoms with Gasteiger partial charge in [-0.2, -0.15) is 0 Å². The van der Waals surface area contributed by atoms with Crippen LogP contribution in [0.2, 0.25) is 0 Å². The van der Waals surface area contributed by atoms with E-state index in [2.05, 4.69) is 15.6 Å². The van der Waals surface area contributed by atoms with Gasteiger partial charge in [0.05, 0.1) is 6.61 Å². The molecule has 132 valence electrons. The average Bonchev–Trinajstić information content (AvgIpc) is 2.67. The molecule has 1 fully saturated rings. The van der Waals surface area contributed by atoms with Gasteiger partial charge in [-0.1, -0.05) is 18.2 Å². The Morgan fingerprint density at radius 1 is 1.16 bits per heavy atom. The predicted octanol–water partition coefficient (Wildman–Crippen LogP) is 3.41. The largest absolute Gasteiger partial charge is 0.381 e. The highest BCUT2D eigenvalue weighted by Gasteiger charge is 2.14. The molecule has 1 aromatic carbocycles. The number of hydrogen-bond acceptors (Lipinski definition) is 3. The zero-order valence-corrected chi connectivity index (χ0v) is 14.4. The van der Waals surface area contributed by atoms with Gasteiger partial charge in [-0.05, 0) is 61.4 Å². The van der Waals surface area contributed by atoms with Gasteiger partial charge < -0.3 is 15.4 Å². The number of carbonyl (C=O) groups excluding carboxylic acids is 1. The third kappa shape index (κ3) is 5.87. The van der Waals surface area contributed by atoms with Crippen molar-refractivity contribution in [1.82, 2.24) is 10.3 Å². The molecule has 2 amide bonds. The number of hydrogen-bond donors (Lipinski definition) is 2. The lowest BCUT2D eigenvalue weighted by molar-refractivity contribution is 0.0559. The quantitative estimate of drug-likeness (QED) is 0.848. The van der Waals surface area contributed by atoms with E-state index >= 15 is 0 Å². The molecule has 5 heteroatoms. The molecule has 0 spiro atoms. The number of carbonyl (C=O) groups is 1. The SMILES string of the molecule is O=C(NC[C@@H]1CCCOC1)Nc1ccc(CCc2ccccn2)cc1. The van der Waals surface area contributed by atoms with Crippen LogP contribution in [-0.2, 0) is 17.6 Å². The van der Waals surface area contributed by atoms with Crippen molar-refractivity contribution in [2.24, 2.45) is 5.92 Å². The number of anilines is 1. The maximum atomic E-state index is 12.0. The molecule has 25 heavy (non-hydrogen) atoms. The molecule has 0 bridgehead atoms. The number of rotatable bonds is 6. The summed E-state index contributed by atoms with van der Waals surface area (Å²) < 4.78 is 5.42. The van der Waals surface area contributed by atoms with E-state index < -0.39 is 0 Å². The van der Waals surface area contributed by atoms with Gasteiger partial charge in [-0.15, -0.1) is 0 Å². The Morgan fingerprint density at radius 3 is 2.76 bits per heavy atom. The van der Waals surface area contributed by atoms with Crippen LogP contribution >= 0.6 is 0 Å². The number of aromatic nitrogens is 1. The van der Waals surface area contributed by atoms with Crippen LogP contribution in [0.3, 0.4) is 0 Å². The fourth-order valence-corrected chi connectivity index (χ4v) is 2.95. The van der Waals surface area contributed by atoms with Gasteiger partial charge >= 0.3 is 6.03 Å². The number of pyridine rings is 1. The first-order chi connectivity index (χ1) is 12.3.